The summed E-state index contributed by atoms with van der Waals surface area (Å²) in [4.78, 5) is 12.1. The zero-order valence-electron chi connectivity index (χ0n) is 12.2. The van der Waals surface area contributed by atoms with Gasteiger partial charge in [-0.05, 0) is 48.6 Å². The van der Waals surface area contributed by atoms with Crippen LogP contribution >= 0.6 is 11.8 Å². The Morgan fingerprint density at radius 1 is 1.27 bits per heavy atom. The van der Waals surface area contributed by atoms with Crippen LogP contribution < -0.4 is 5.32 Å². The fraction of sp³-hybridized carbons (Fsp3) is 0.533. The third-order valence-electron chi connectivity index (χ3n) is 3.88. The molecule has 1 N–H and O–H groups in total. The maximum Gasteiger partial charge on any atom is 0.416 e. The molecule has 2 rings (SSSR count). The molecule has 1 amide bonds. The number of halogens is 3. The molecule has 0 atom stereocenters. The number of hydrogen-bond acceptors (Lipinski definition) is 3. The molecule has 0 saturated carbocycles. The van der Waals surface area contributed by atoms with Crippen molar-refractivity contribution in [3.8, 4) is 0 Å². The van der Waals surface area contributed by atoms with Crippen LogP contribution in [0.1, 0.15) is 28.8 Å². The number of carbonyl (C=O) groups excluding carboxylic acids is 1. The highest BCUT2D eigenvalue weighted by Gasteiger charge is 2.33. The van der Waals surface area contributed by atoms with Crippen LogP contribution in [0.25, 0.3) is 0 Å². The molecular weight excluding hydrogens is 315 g/mol. The fourth-order valence-electron chi connectivity index (χ4n) is 2.35. The molecule has 122 valence electrons. The Bertz CT molecular complexity index is 511. The first kappa shape index (κ1) is 17.1. The largest absolute Gasteiger partial charge is 0.416 e. The summed E-state index contributed by atoms with van der Waals surface area (Å²) in [6, 6.07) is 4.21. The van der Waals surface area contributed by atoms with Crippen LogP contribution in [-0.2, 0) is 10.9 Å². The van der Waals surface area contributed by atoms with E-state index in [9.17, 15) is 18.0 Å². The van der Waals surface area contributed by atoms with Gasteiger partial charge in [-0.1, -0.05) is 0 Å². The monoisotopic (exact) mass is 333 g/mol. The highest BCUT2D eigenvalue weighted by Crippen LogP contribution is 2.30. The van der Waals surface area contributed by atoms with Gasteiger partial charge in [-0.15, -0.1) is 0 Å². The van der Waals surface area contributed by atoms with E-state index in [1.807, 2.05) is 11.8 Å². The summed E-state index contributed by atoms with van der Waals surface area (Å²) in [5.74, 6) is 1.57. The SMILES string of the molecule is COC1(CNC(=O)c2ccc(C(F)(F)F)cc2)CCSCC1. The van der Waals surface area contributed by atoms with E-state index in [2.05, 4.69) is 5.32 Å². The van der Waals surface area contributed by atoms with Gasteiger partial charge < -0.3 is 10.1 Å². The van der Waals surface area contributed by atoms with Gasteiger partial charge in [-0.25, -0.2) is 0 Å². The summed E-state index contributed by atoms with van der Waals surface area (Å²) in [5, 5.41) is 2.76. The van der Waals surface area contributed by atoms with E-state index in [1.165, 1.54) is 12.1 Å². The Balaban J connectivity index is 1.97. The van der Waals surface area contributed by atoms with Crippen molar-refractivity contribution < 1.29 is 22.7 Å². The van der Waals surface area contributed by atoms with E-state index >= 15 is 0 Å². The molecule has 1 aromatic rings. The topological polar surface area (TPSA) is 38.3 Å². The number of methoxy groups -OCH3 is 1. The maximum absolute atomic E-state index is 12.5. The molecule has 1 aromatic carbocycles. The number of ether oxygens (including phenoxy) is 1. The molecule has 1 fully saturated rings. The highest BCUT2D eigenvalue weighted by molar-refractivity contribution is 7.99. The molecule has 1 aliphatic rings. The Morgan fingerprint density at radius 3 is 2.36 bits per heavy atom. The van der Waals surface area contributed by atoms with Gasteiger partial charge in [-0.3, -0.25) is 4.79 Å². The predicted octanol–water partition coefficient (Wildman–Crippen LogP) is 3.35. The van der Waals surface area contributed by atoms with Crippen LogP contribution in [0.4, 0.5) is 13.2 Å². The quantitative estimate of drug-likeness (QED) is 0.918. The minimum absolute atomic E-state index is 0.212. The number of alkyl halides is 3. The van der Waals surface area contributed by atoms with Gasteiger partial charge in [0.05, 0.1) is 11.2 Å². The molecule has 0 aromatic heterocycles. The van der Waals surface area contributed by atoms with Crippen LogP contribution in [0, 0.1) is 0 Å². The number of thioether (sulfide) groups is 1. The van der Waals surface area contributed by atoms with Crippen molar-refractivity contribution in [1.82, 2.24) is 5.32 Å². The van der Waals surface area contributed by atoms with Crippen LogP contribution in [0.15, 0.2) is 24.3 Å². The molecular formula is C15H18F3NO2S. The number of hydrogen-bond donors (Lipinski definition) is 1. The molecule has 0 aliphatic carbocycles. The van der Waals surface area contributed by atoms with Crippen molar-refractivity contribution in [2.24, 2.45) is 0 Å². The van der Waals surface area contributed by atoms with Gasteiger partial charge >= 0.3 is 6.18 Å². The average Bonchev–Trinajstić information content (AvgIpc) is 2.53. The third-order valence-corrected chi connectivity index (χ3v) is 4.87. The van der Waals surface area contributed by atoms with E-state index in [0.717, 1.165) is 36.5 Å². The lowest BCUT2D eigenvalue weighted by molar-refractivity contribution is -0.137. The van der Waals surface area contributed by atoms with Gasteiger partial charge in [0.1, 0.15) is 0 Å². The molecule has 22 heavy (non-hydrogen) atoms. The van der Waals surface area contributed by atoms with Gasteiger partial charge in [-0.2, -0.15) is 24.9 Å². The average molecular weight is 333 g/mol. The van der Waals surface area contributed by atoms with Crippen LogP contribution in [0.3, 0.4) is 0 Å². The molecule has 1 heterocycles. The van der Waals surface area contributed by atoms with E-state index in [-0.39, 0.29) is 17.1 Å². The lowest BCUT2D eigenvalue weighted by atomic mass is 9.96. The Labute approximate surface area is 131 Å². The summed E-state index contributed by atoms with van der Waals surface area (Å²) in [6.45, 7) is 0.365. The van der Waals surface area contributed by atoms with Crippen molar-refractivity contribution in [3.63, 3.8) is 0 Å². The first-order valence-corrected chi connectivity index (χ1v) is 8.10. The van der Waals surface area contributed by atoms with Crippen molar-refractivity contribution in [2.45, 2.75) is 24.6 Å². The van der Waals surface area contributed by atoms with Crippen LogP contribution in [-0.4, -0.2) is 36.7 Å². The minimum atomic E-state index is -4.39. The zero-order chi connectivity index (χ0) is 16.2. The summed E-state index contributed by atoms with van der Waals surface area (Å²) in [7, 11) is 1.63. The number of benzene rings is 1. The molecule has 0 unspecified atom stereocenters. The normalized spacial score (nSPS) is 18.0. The second-order valence-electron chi connectivity index (χ2n) is 5.26. The summed E-state index contributed by atoms with van der Waals surface area (Å²) >= 11 is 1.85. The van der Waals surface area contributed by atoms with Crippen molar-refractivity contribution in [2.75, 3.05) is 25.2 Å². The van der Waals surface area contributed by atoms with E-state index < -0.39 is 11.7 Å². The van der Waals surface area contributed by atoms with Gasteiger partial charge in [0, 0.05) is 19.2 Å². The van der Waals surface area contributed by atoms with Crippen molar-refractivity contribution >= 4 is 17.7 Å². The minimum Gasteiger partial charge on any atom is -0.376 e. The molecule has 0 spiro atoms. The van der Waals surface area contributed by atoms with Gasteiger partial charge in [0.2, 0.25) is 0 Å². The standard InChI is InChI=1S/C15H18F3NO2S/c1-21-14(6-8-22-9-7-14)10-19-13(20)11-2-4-12(5-3-11)15(16,17)18/h2-5H,6-10H2,1H3,(H,19,20). The lowest BCUT2D eigenvalue weighted by Gasteiger charge is -2.35. The van der Waals surface area contributed by atoms with Crippen LogP contribution in [0.5, 0.6) is 0 Å². The van der Waals surface area contributed by atoms with E-state index in [1.54, 1.807) is 7.11 Å². The second-order valence-corrected chi connectivity index (χ2v) is 6.48. The fourth-order valence-corrected chi connectivity index (χ4v) is 3.59. The third kappa shape index (κ3) is 4.16. The van der Waals surface area contributed by atoms with E-state index in [4.69, 9.17) is 4.74 Å². The van der Waals surface area contributed by atoms with E-state index in [0.29, 0.717) is 6.54 Å². The molecule has 3 nitrogen and oxygen atoms in total. The first-order chi connectivity index (χ1) is 10.4. The maximum atomic E-state index is 12.5. The molecule has 7 heteroatoms. The molecule has 1 saturated heterocycles. The number of amides is 1. The highest BCUT2D eigenvalue weighted by atomic mass is 32.2. The first-order valence-electron chi connectivity index (χ1n) is 6.95. The molecule has 0 bridgehead atoms. The van der Waals surface area contributed by atoms with Gasteiger partial charge in [0.25, 0.3) is 5.91 Å². The second kappa shape index (κ2) is 6.91. The van der Waals surface area contributed by atoms with Gasteiger partial charge in [0.15, 0.2) is 0 Å². The Morgan fingerprint density at radius 2 is 1.86 bits per heavy atom. The Hall–Kier alpha value is -1.21. The zero-order valence-corrected chi connectivity index (χ0v) is 13.0. The lowest BCUT2D eigenvalue weighted by Crippen LogP contribution is -2.46. The summed E-state index contributed by atoms with van der Waals surface area (Å²) in [5.41, 5.74) is -0.918. The smallest absolute Gasteiger partial charge is 0.376 e. The molecule has 0 radical (unpaired) electrons. The summed E-state index contributed by atoms with van der Waals surface area (Å²) < 4.78 is 43.0. The Kier molecular flexibility index (Phi) is 5.39. The van der Waals surface area contributed by atoms with Crippen molar-refractivity contribution in [3.05, 3.63) is 35.4 Å². The number of nitrogens with one attached hydrogen (secondary N) is 1. The van der Waals surface area contributed by atoms with Crippen molar-refractivity contribution in [1.29, 1.82) is 0 Å². The van der Waals surface area contributed by atoms with Crippen LogP contribution in [0.2, 0.25) is 0 Å². The molecule has 1 aliphatic heterocycles. The summed E-state index contributed by atoms with van der Waals surface area (Å²) in [6.07, 6.45) is -2.70. The predicted molar refractivity (Wildman–Crippen MR) is 80.1 cm³/mol. The number of carbonyl (C=O) groups is 1. The number of rotatable bonds is 4.